The zero-order valence-electron chi connectivity index (χ0n) is 15.8. The van der Waals surface area contributed by atoms with Gasteiger partial charge < -0.3 is 10.3 Å². The predicted molar refractivity (Wildman–Crippen MR) is 107 cm³/mol. The predicted octanol–water partition coefficient (Wildman–Crippen LogP) is 3.88. The van der Waals surface area contributed by atoms with E-state index < -0.39 is 0 Å². The molecule has 6 heteroatoms. The van der Waals surface area contributed by atoms with Crippen molar-refractivity contribution >= 4 is 27.5 Å². The van der Waals surface area contributed by atoms with Gasteiger partial charge in [0.15, 0.2) is 0 Å². The van der Waals surface area contributed by atoms with Gasteiger partial charge in [-0.05, 0) is 44.6 Å². The lowest BCUT2D eigenvalue weighted by atomic mass is 9.97. The van der Waals surface area contributed by atoms with E-state index in [1.807, 2.05) is 0 Å². The zero-order valence-corrected chi connectivity index (χ0v) is 16.6. The number of nitrogens with zero attached hydrogens (tertiary/aromatic N) is 1. The Labute approximate surface area is 158 Å². The summed E-state index contributed by atoms with van der Waals surface area (Å²) in [7, 11) is 0. The van der Waals surface area contributed by atoms with Crippen LogP contribution in [0.15, 0.2) is 4.79 Å². The fraction of sp³-hybridized carbons (Fsp3) is 0.650. The minimum Gasteiger partial charge on any atom is -0.354 e. The standard InChI is InChI=1S/C20H29N3O2S/c1-3-4-5-8-13(2)21-17(24)12-11-16-22-19(25)18-14-9-6-7-10-15(14)26-20(18)23-16/h13H,3-12H2,1-2H3,(H,21,24)(H,22,23,25). The molecule has 0 fully saturated rings. The van der Waals surface area contributed by atoms with Gasteiger partial charge in [0.1, 0.15) is 10.7 Å². The Hall–Kier alpha value is -1.69. The summed E-state index contributed by atoms with van der Waals surface area (Å²) in [6.45, 7) is 4.23. The summed E-state index contributed by atoms with van der Waals surface area (Å²) in [5.41, 5.74) is 1.16. The first-order valence-corrected chi connectivity index (χ1v) is 10.7. The molecule has 1 aliphatic carbocycles. The van der Waals surface area contributed by atoms with E-state index in [9.17, 15) is 9.59 Å². The van der Waals surface area contributed by atoms with Crippen LogP contribution in [-0.2, 0) is 24.1 Å². The van der Waals surface area contributed by atoms with Crippen molar-refractivity contribution in [2.75, 3.05) is 0 Å². The number of carbonyl (C=O) groups is 1. The van der Waals surface area contributed by atoms with Gasteiger partial charge in [0, 0.05) is 23.8 Å². The summed E-state index contributed by atoms with van der Waals surface area (Å²) in [5.74, 6) is 0.650. The van der Waals surface area contributed by atoms with Crippen LogP contribution >= 0.6 is 11.3 Å². The van der Waals surface area contributed by atoms with Crippen LogP contribution in [-0.4, -0.2) is 21.9 Å². The lowest BCUT2D eigenvalue weighted by molar-refractivity contribution is -0.121. The molecule has 0 aliphatic heterocycles. The maximum atomic E-state index is 12.5. The lowest BCUT2D eigenvalue weighted by Crippen LogP contribution is -2.32. The number of fused-ring (bicyclic) bond motifs is 3. The number of nitrogens with one attached hydrogen (secondary N) is 2. The number of aryl methyl sites for hydroxylation is 3. The van der Waals surface area contributed by atoms with Crippen LogP contribution in [0.2, 0.25) is 0 Å². The van der Waals surface area contributed by atoms with E-state index in [1.54, 1.807) is 11.3 Å². The average molecular weight is 376 g/mol. The van der Waals surface area contributed by atoms with Crippen LogP contribution in [0.1, 0.15) is 75.1 Å². The number of rotatable bonds is 8. The van der Waals surface area contributed by atoms with E-state index in [1.165, 1.54) is 29.7 Å². The minimum absolute atomic E-state index is 0.0298. The van der Waals surface area contributed by atoms with E-state index in [2.05, 4.69) is 29.1 Å². The molecule has 0 saturated carbocycles. The molecule has 0 saturated heterocycles. The number of aromatic nitrogens is 2. The number of hydrogen-bond donors (Lipinski definition) is 2. The first kappa shape index (κ1) is 19.1. The van der Waals surface area contributed by atoms with Crippen molar-refractivity contribution < 1.29 is 4.79 Å². The van der Waals surface area contributed by atoms with Gasteiger partial charge in [-0.3, -0.25) is 9.59 Å². The van der Waals surface area contributed by atoms with Crippen molar-refractivity contribution in [1.29, 1.82) is 0 Å². The van der Waals surface area contributed by atoms with Gasteiger partial charge in [-0.1, -0.05) is 26.2 Å². The van der Waals surface area contributed by atoms with Crippen molar-refractivity contribution in [2.45, 2.75) is 84.1 Å². The molecule has 2 aromatic rings. The molecule has 2 aromatic heterocycles. The quantitative estimate of drug-likeness (QED) is 0.688. The summed E-state index contributed by atoms with van der Waals surface area (Å²) in [6.07, 6.45) is 9.77. The number of thiophene rings is 1. The first-order valence-electron chi connectivity index (χ1n) is 9.91. The highest BCUT2D eigenvalue weighted by Gasteiger charge is 2.20. The number of carbonyl (C=O) groups excluding carboxylic acids is 1. The van der Waals surface area contributed by atoms with Crippen molar-refractivity contribution in [3.63, 3.8) is 0 Å². The molecular weight excluding hydrogens is 346 g/mol. The van der Waals surface area contributed by atoms with Crippen LogP contribution in [0.5, 0.6) is 0 Å². The fourth-order valence-electron chi connectivity index (χ4n) is 3.68. The molecule has 0 bridgehead atoms. The molecule has 0 spiro atoms. The normalized spacial score (nSPS) is 15.0. The Morgan fingerprint density at radius 3 is 2.92 bits per heavy atom. The third-order valence-corrected chi connectivity index (χ3v) is 6.30. The maximum Gasteiger partial charge on any atom is 0.259 e. The highest BCUT2D eigenvalue weighted by Crippen LogP contribution is 2.33. The summed E-state index contributed by atoms with van der Waals surface area (Å²) < 4.78 is 0. The van der Waals surface area contributed by atoms with E-state index in [4.69, 9.17) is 0 Å². The van der Waals surface area contributed by atoms with Crippen molar-refractivity contribution in [3.05, 3.63) is 26.6 Å². The molecule has 5 nitrogen and oxygen atoms in total. The lowest BCUT2D eigenvalue weighted by Gasteiger charge is -2.13. The molecule has 3 rings (SSSR count). The molecule has 1 amide bonds. The molecule has 26 heavy (non-hydrogen) atoms. The third kappa shape index (κ3) is 4.53. The second-order valence-corrected chi connectivity index (χ2v) is 8.45. The number of amides is 1. The molecule has 1 unspecified atom stereocenters. The Morgan fingerprint density at radius 2 is 2.12 bits per heavy atom. The SMILES string of the molecule is CCCCCC(C)NC(=O)CCc1nc2sc3c(c2c(=O)[nH]1)CCCC3. The summed E-state index contributed by atoms with van der Waals surface area (Å²) in [6, 6.07) is 0.201. The zero-order chi connectivity index (χ0) is 18.5. The van der Waals surface area contributed by atoms with Crippen LogP contribution < -0.4 is 10.9 Å². The average Bonchev–Trinajstić information content (AvgIpc) is 2.99. The second kappa shape index (κ2) is 8.80. The smallest absolute Gasteiger partial charge is 0.259 e. The van der Waals surface area contributed by atoms with Gasteiger partial charge in [0.2, 0.25) is 5.91 Å². The van der Waals surface area contributed by atoms with E-state index in [0.29, 0.717) is 18.7 Å². The van der Waals surface area contributed by atoms with Crippen molar-refractivity contribution in [3.8, 4) is 0 Å². The largest absolute Gasteiger partial charge is 0.354 e. The van der Waals surface area contributed by atoms with Crippen LogP contribution in [0.4, 0.5) is 0 Å². The third-order valence-electron chi connectivity index (χ3n) is 5.11. The van der Waals surface area contributed by atoms with Crippen LogP contribution in [0.3, 0.4) is 0 Å². The van der Waals surface area contributed by atoms with Gasteiger partial charge in [-0.15, -0.1) is 11.3 Å². The second-order valence-electron chi connectivity index (χ2n) is 7.37. The van der Waals surface area contributed by atoms with Gasteiger partial charge >= 0.3 is 0 Å². The van der Waals surface area contributed by atoms with E-state index in [-0.39, 0.29) is 17.5 Å². The topological polar surface area (TPSA) is 74.8 Å². The minimum atomic E-state index is -0.0438. The van der Waals surface area contributed by atoms with Crippen LogP contribution in [0, 0.1) is 0 Å². The van der Waals surface area contributed by atoms with Crippen molar-refractivity contribution in [2.24, 2.45) is 0 Å². The summed E-state index contributed by atoms with van der Waals surface area (Å²) in [5, 5.41) is 3.82. The number of aromatic amines is 1. The Balaban J connectivity index is 1.61. The summed E-state index contributed by atoms with van der Waals surface area (Å²) >= 11 is 1.65. The highest BCUT2D eigenvalue weighted by atomic mass is 32.1. The Bertz CT molecular complexity index is 824. The molecular formula is C20H29N3O2S. The Morgan fingerprint density at radius 1 is 1.31 bits per heavy atom. The monoisotopic (exact) mass is 375 g/mol. The molecule has 2 heterocycles. The number of unbranched alkanes of at least 4 members (excludes halogenated alkanes) is 2. The summed E-state index contributed by atoms with van der Waals surface area (Å²) in [4.78, 5) is 34.3. The van der Waals surface area contributed by atoms with E-state index >= 15 is 0 Å². The van der Waals surface area contributed by atoms with E-state index in [0.717, 1.165) is 42.3 Å². The first-order chi connectivity index (χ1) is 12.6. The van der Waals surface area contributed by atoms with Crippen LogP contribution in [0.25, 0.3) is 10.2 Å². The molecule has 0 radical (unpaired) electrons. The molecule has 0 aromatic carbocycles. The molecule has 2 N–H and O–H groups in total. The fourth-order valence-corrected chi connectivity index (χ4v) is 4.96. The molecule has 1 aliphatic rings. The van der Waals surface area contributed by atoms with Gasteiger partial charge in [-0.2, -0.15) is 0 Å². The number of hydrogen-bond acceptors (Lipinski definition) is 4. The van der Waals surface area contributed by atoms with Gasteiger partial charge in [-0.25, -0.2) is 4.98 Å². The molecule has 1 atom stereocenters. The molecule has 142 valence electrons. The van der Waals surface area contributed by atoms with Gasteiger partial charge in [0.05, 0.1) is 5.39 Å². The highest BCUT2D eigenvalue weighted by molar-refractivity contribution is 7.18. The van der Waals surface area contributed by atoms with Gasteiger partial charge in [0.25, 0.3) is 5.56 Å². The van der Waals surface area contributed by atoms with Crippen molar-refractivity contribution in [1.82, 2.24) is 15.3 Å². The number of H-pyrrole nitrogens is 1. The maximum absolute atomic E-state index is 12.5. The Kier molecular flexibility index (Phi) is 6.46.